The lowest BCUT2D eigenvalue weighted by Gasteiger charge is -2.09. The molecule has 2 aromatic carbocycles. The molecule has 0 spiro atoms. The summed E-state index contributed by atoms with van der Waals surface area (Å²) in [6.07, 6.45) is 1.31. The van der Waals surface area contributed by atoms with E-state index in [1.165, 1.54) is 18.3 Å². The number of amides is 1. The number of para-hydroxylation sites is 1. The van der Waals surface area contributed by atoms with Crippen molar-refractivity contribution < 1.29 is 13.6 Å². The van der Waals surface area contributed by atoms with E-state index in [1.807, 2.05) is 6.92 Å². The lowest BCUT2D eigenvalue weighted by atomic mass is 10.2. The summed E-state index contributed by atoms with van der Waals surface area (Å²) in [7, 11) is 0. The van der Waals surface area contributed by atoms with Crippen LogP contribution in [0.5, 0.6) is 0 Å². The van der Waals surface area contributed by atoms with Gasteiger partial charge in [-0.3, -0.25) is 4.79 Å². The summed E-state index contributed by atoms with van der Waals surface area (Å²) in [5.41, 5.74) is 1.01. The predicted molar refractivity (Wildman–Crippen MR) is 95.8 cm³/mol. The van der Waals surface area contributed by atoms with Crippen LogP contribution in [-0.2, 0) is 0 Å². The summed E-state index contributed by atoms with van der Waals surface area (Å²) in [6.45, 7) is 1.85. The molecular weight excluding hydrogens is 362 g/mol. The molecule has 1 heterocycles. The van der Waals surface area contributed by atoms with Crippen LogP contribution >= 0.6 is 11.6 Å². The molecule has 0 aliphatic heterocycles. The third-order valence-electron chi connectivity index (χ3n) is 3.52. The van der Waals surface area contributed by atoms with E-state index in [0.29, 0.717) is 10.7 Å². The summed E-state index contributed by atoms with van der Waals surface area (Å²) >= 11 is 6.03. The van der Waals surface area contributed by atoms with Crippen molar-refractivity contribution >= 4 is 34.8 Å². The summed E-state index contributed by atoms with van der Waals surface area (Å²) < 4.78 is 27.4. The van der Waals surface area contributed by atoms with Gasteiger partial charge in [-0.1, -0.05) is 23.7 Å². The first kappa shape index (κ1) is 17.8. The number of benzene rings is 2. The van der Waals surface area contributed by atoms with Crippen LogP contribution < -0.4 is 10.6 Å². The average molecular weight is 375 g/mol. The Hall–Kier alpha value is -3.06. The predicted octanol–water partition coefficient (Wildman–Crippen LogP) is 4.71. The molecule has 132 valence electrons. The largest absolute Gasteiger partial charge is 0.321 e. The monoisotopic (exact) mass is 374 g/mol. The van der Waals surface area contributed by atoms with Crippen LogP contribution in [0.2, 0.25) is 5.02 Å². The van der Waals surface area contributed by atoms with Crippen LogP contribution in [0.4, 0.5) is 26.1 Å². The number of rotatable bonds is 4. The molecule has 2 N–H and O–H groups in total. The number of hydrogen-bond acceptors (Lipinski definition) is 4. The summed E-state index contributed by atoms with van der Waals surface area (Å²) in [4.78, 5) is 20.2. The third-order valence-corrected chi connectivity index (χ3v) is 3.92. The fraction of sp³-hybridized carbons (Fsp3) is 0.0556. The molecule has 1 amide bonds. The van der Waals surface area contributed by atoms with Crippen molar-refractivity contribution in [2.24, 2.45) is 0 Å². The molecule has 8 heteroatoms. The number of carbonyl (C=O) groups is 1. The van der Waals surface area contributed by atoms with Gasteiger partial charge in [0, 0.05) is 16.9 Å². The molecule has 0 aliphatic rings. The molecule has 0 atom stereocenters. The van der Waals surface area contributed by atoms with E-state index in [-0.39, 0.29) is 11.6 Å². The van der Waals surface area contributed by atoms with Gasteiger partial charge in [0.25, 0.3) is 5.91 Å². The van der Waals surface area contributed by atoms with E-state index in [1.54, 1.807) is 18.2 Å². The number of halogens is 3. The number of hydrogen-bond donors (Lipinski definition) is 2. The number of nitrogens with one attached hydrogen (secondary N) is 2. The summed E-state index contributed by atoms with van der Waals surface area (Å²) in [5.74, 6) is -2.21. The average Bonchev–Trinajstić information content (AvgIpc) is 2.62. The van der Waals surface area contributed by atoms with Gasteiger partial charge in [0.1, 0.15) is 23.0 Å². The van der Waals surface area contributed by atoms with E-state index >= 15 is 0 Å². The highest BCUT2D eigenvalue weighted by atomic mass is 35.5. The standard InChI is InChI=1S/C18H13ClF2N4O/c1-10-5-6-11(9-12(10)19)23-17(26)15-7-8-22-18(24-15)25-16-13(20)3-2-4-14(16)21/h2-9H,1H3,(H,23,26)(H,22,24,25). The van der Waals surface area contributed by atoms with Crippen molar-refractivity contribution in [3.05, 3.63) is 76.6 Å². The number of carbonyl (C=O) groups excluding carboxylic acids is 1. The Labute approximate surface area is 153 Å². The van der Waals surface area contributed by atoms with Gasteiger partial charge in [-0.25, -0.2) is 18.7 Å². The van der Waals surface area contributed by atoms with Gasteiger partial charge in [0.2, 0.25) is 5.95 Å². The van der Waals surface area contributed by atoms with E-state index in [4.69, 9.17) is 11.6 Å². The Kier molecular flexibility index (Phi) is 5.09. The number of aromatic nitrogens is 2. The van der Waals surface area contributed by atoms with Gasteiger partial charge in [-0.15, -0.1) is 0 Å². The Balaban J connectivity index is 1.80. The van der Waals surface area contributed by atoms with Gasteiger partial charge < -0.3 is 10.6 Å². The Morgan fingerprint density at radius 3 is 2.54 bits per heavy atom. The minimum atomic E-state index is -0.794. The zero-order chi connectivity index (χ0) is 18.7. The first-order valence-electron chi connectivity index (χ1n) is 7.55. The molecule has 0 unspecified atom stereocenters. The van der Waals surface area contributed by atoms with Gasteiger partial charge >= 0.3 is 0 Å². The van der Waals surface area contributed by atoms with E-state index < -0.39 is 23.2 Å². The van der Waals surface area contributed by atoms with Crippen LogP contribution in [0.3, 0.4) is 0 Å². The number of anilines is 3. The molecule has 1 aromatic heterocycles. The van der Waals surface area contributed by atoms with Crippen LogP contribution in [0, 0.1) is 18.6 Å². The SMILES string of the molecule is Cc1ccc(NC(=O)c2ccnc(Nc3c(F)cccc3F)n2)cc1Cl. The first-order valence-corrected chi connectivity index (χ1v) is 7.93. The fourth-order valence-electron chi connectivity index (χ4n) is 2.14. The van der Waals surface area contributed by atoms with Crippen LogP contribution in [0.15, 0.2) is 48.7 Å². The Morgan fingerprint density at radius 2 is 1.85 bits per heavy atom. The summed E-state index contributed by atoms with van der Waals surface area (Å²) in [6, 6.07) is 9.91. The van der Waals surface area contributed by atoms with Crippen molar-refractivity contribution in [2.45, 2.75) is 6.92 Å². The minimum absolute atomic E-state index is 0.0240. The molecular formula is C18H13ClF2N4O. The van der Waals surface area contributed by atoms with E-state index in [9.17, 15) is 13.6 Å². The summed E-state index contributed by atoms with van der Waals surface area (Å²) in [5, 5.41) is 5.61. The van der Waals surface area contributed by atoms with Gasteiger partial charge in [-0.05, 0) is 42.8 Å². The van der Waals surface area contributed by atoms with Gasteiger partial charge in [0.15, 0.2) is 0 Å². The van der Waals surface area contributed by atoms with E-state index in [0.717, 1.165) is 17.7 Å². The maximum atomic E-state index is 13.7. The van der Waals surface area contributed by atoms with Crippen LogP contribution in [0.25, 0.3) is 0 Å². The van der Waals surface area contributed by atoms with Gasteiger partial charge in [0.05, 0.1) is 0 Å². The molecule has 3 aromatic rings. The lowest BCUT2D eigenvalue weighted by molar-refractivity contribution is 0.102. The topological polar surface area (TPSA) is 66.9 Å². The second-order valence-electron chi connectivity index (χ2n) is 5.41. The molecule has 0 saturated carbocycles. The Morgan fingerprint density at radius 1 is 1.12 bits per heavy atom. The smallest absolute Gasteiger partial charge is 0.274 e. The lowest BCUT2D eigenvalue weighted by Crippen LogP contribution is -2.15. The maximum Gasteiger partial charge on any atom is 0.274 e. The maximum absolute atomic E-state index is 13.7. The molecule has 0 radical (unpaired) electrons. The second-order valence-corrected chi connectivity index (χ2v) is 5.81. The second kappa shape index (κ2) is 7.45. The van der Waals surface area contributed by atoms with Crippen molar-refractivity contribution in [3.8, 4) is 0 Å². The number of aryl methyl sites for hydroxylation is 1. The highest BCUT2D eigenvalue weighted by molar-refractivity contribution is 6.31. The molecule has 0 aliphatic carbocycles. The normalized spacial score (nSPS) is 10.5. The molecule has 0 saturated heterocycles. The quantitative estimate of drug-likeness (QED) is 0.694. The van der Waals surface area contributed by atoms with Gasteiger partial charge in [-0.2, -0.15) is 0 Å². The van der Waals surface area contributed by atoms with Crippen molar-refractivity contribution in [2.75, 3.05) is 10.6 Å². The highest BCUT2D eigenvalue weighted by Crippen LogP contribution is 2.22. The highest BCUT2D eigenvalue weighted by Gasteiger charge is 2.13. The first-order chi connectivity index (χ1) is 12.4. The molecule has 26 heavy (non-hydrogen) atoms. The molecule has 5 nitrogen and oxygen atoms in total. The van der Waals surface area contributed by atoms with Crippen LogP contribution in [-0.4, -0.2) is 15.9 Å². The van der Waals surface area contributed by atoms with Crippen molar-refractivity contribution in [1.29, 1.82) is 0 Å². The fourth-order valence-corrected chi connectivity index (χ4v) is 2.32. The Bertz CT molecular complexity index is 961. The molecule has 0 bridgehead atoms. The van der Waals surface area contributed by atoms with Crippen LogP contribution in [0.1, 0.15) is 16.1 Å². The third kappa shape index (κ3) is 3.94. The van der Waals surface area contributed by atoms with Crippen molar-refractivity contribution in [1.82, 2.24) is 9.97 Å². The number of nitrogens with zero attached hydrogens (tertiary/aromatic N) is 2. The zero-order valence-electron chi connectivity index (χ0n) is 13.6. The minimum Gasteiger partial charge on any atom is -0.321 e. The molecule has 3 rings (SSSR count). The van der Waals surface area contributed by atoms with E-state index in [2.05, 4.69) is 20.6 Å². The molecule has 0 fully saturated rings. The van der Waals surface area contributed by atoms with Crippen molar-refractivity contribution in [3.63, 3.8) is 0 Å². The zero-order valence-corrected chi connectivity index (χ0v) is 14.3.